The number of anilines is 1. The van der Waals surface area contributed by atoms with Gasteiger partial charge in [-0.2, -0.15) is 0 Å². The molecule has 2 heterocycles. The first-order chi connectivity index (χ1) is 12.5. The van der Waals surface area contributed by atoms with Crippen molar-refractivity contribution in [2.24, 2.45) is 0 Å². The molecule has 10 heteroatoms. The molecule has 0 aliphatic carbocycles. The van der Waals surface area contributed by atoms with Crippen LogP contribution in [0.4, 0.5) is 5.13 Å². The van der Waals surface area contributed by atoms with Gasteiger partial charge in [0.05, 0.1) is 12.1 Å². The second-order valence-electron chi connectivity index (χ2n) is 5.31. The average molecular weight is 408 g/mol. The van der Waals surface area contributed by atoms with Gasteiger partial charge in [-0.05, 0) is 24.6 Å². The molecule has 0 aliphatic rings. The van der Waals surface area contributed by atoms with Crippen molar-refractivity contribution in [1.29, 1.82) is 0 Å². The number of nitrogens with zero attached hydrogens (tertiary/aromatic N) is 3. The van der Waals surface area contributed by atoms with E-state index in [2.05, 4.69) is 25.5 Å². The molecule has 26 heavy (non-hydrogen) atoms. The first kappa shape index (κ1) is 18.6. The Morgan fingerprint density at radius 2 is 2.19 bits per heavy atom. The highest BCUT2D eigenvalue weighted by molar-refractivity contribution is 7.98. The fourth-order valence-electron chi connectivity index (χ4n) is 2.10. The van der Waals surface area contributed by atoms with Gasteiger partial charge in [-0.25, -0.2) is 4.98 Å². The van der Waals surface area contributed by atoms with Crippen LogP contribution in [0.2, 0.25) is 5.02 Å². The summed E-state index contributed by atoms with van der Waals surface area (Å²) in [6, 6.07) is 8.78. The van der Waals surface area contributed by atoms with Crippen LogP contribution in [-0.4, -0.2) is 26.1 Å². The van der Waals surface area contributed by atoms with Crippen molar-refractivity contribution in [3.63, 3.8) is 0 Å². The zero-order chi connectivity index (χ0) is 18.5. The number of H-pyrrole nitrogens is 1. The van der Waals surface area contributed by atoms with Gasteiger partial charge in [-0.1, -0.05) is 46.8 Å². The summed E-state index contributed by atoms with van der Waals surface area (Å²) in [5.74, 6) is 0.300. The first-order valence-corrected chi connectivity index (χ1v) is 9.73. The molecular formula is C16H14ClN5O2S2. The van der Waals surface area contributed by atoms with E-state index in [4.69, 9.17) is 11.6 Å². The third-order valence-electron chi connectivity index (χ3n) is 3.15. The Labute approximate surface area is 162 Å². The van der Waals surface area contributed by atoms with Gasteiger partial charge in [0.15, 0.2) is 5.16 Å². The summed E-state index contributed by atoms with van der Waals surface area (Å²) in [4.78, 5) is 30.9. The van der Waals surface area contributed by atoms with Crippen LogP contribution in [0.1, 0.15) is 16.3 Å². The van der Waals surface area contributed by atoms with Gasteiger partial charge in [-0.3, -0.25) is 9.59 Å². The highest BCUT2D eigenvalue weighted by Gasteiger charge is 2.10. The van der Waals surface area contributed by atoms with Gasteiger partial charge in [-0.15, -0.1) is 10.2 Å². The van der Waals surface area contributed by atoms with Gasteiger partial charge >= 0.3 is 0 Å². The molecule has 0 spiro atoms. The van der Waals surface area contributed by atoms with Crippen LogP contribution >= 0.6 is 34.7 Å². The lowest BCUT2D eigenvalue weighted by Crippen LogP contribution is -2.18. The molecule has 0 saturated carbocycles. The summed E-state index contributed by atoms with van der Waals surface area (Å²) in [5, 5.41) is 12.6. The van der Waals surface area contributed by atoms with Gasteiger partial charge in [0.2, 0.25) is 11.0 Å². The Kier molecular flexibility index (Phi) is 6.02. The normalized spacial score (nSPS) is 10.7. The van der Waals surface area contributed by atoms with Gasteiger partial charge in [0.1, 0.15) is 5.01 Å². The van der Waals surface area contributed by atoms with E-state index in [0.29, 0.717) is 26.8 Å². The number of halogens is 1. The molecule has 0 unspecified atom stereocenters. The minimum absolute atomic E-state index is 0.0206. The van der Waals surface area contributed by atoms with E-state index in [9.17, 15) is 9.59 Å². The molecule has 3 aromatic rings. The van der Waals surface area contributed by atoms with Crippen LogP contribution in [0, 0.1) is 6.92 Å². The van der Waals surface area contributed by atoms with Crippen molar-refractivity contribution in [3.05, 3.63) is 62.0 Å². The number of carbonyl (C=O) groups excluding carboxylic acids is 1. The second kappa shape index (κ2) is 8.43. The summed E-state index contributed by atoms with van der Waals surface area (Å²) in [6.07, 6.45) is -0.0206. The minimum Gasteiger partial charge on any atom is -0.301 e. The number of hydrogen-bond donors (Lipinski definition) is 2. The number of nitrogens with one attached hydrogen (secondary N) is 2. The number of aryl methyl sites for hydroxylation is 1. The zero-order valence-corrected chi connectivity index (χ0v) is 16.0. The van der Waals surface area contributed by atoms with Crippen molar-refractivity contribution in [1.82, 2.24) is 20.2 Å². The Morgan fingerprint density at radius 3 is 2.92 bits per heavy atom. The van der Waals surface area contributed by atoms with Crippen molar-refractivity contribution < 1.29 is 4.79 Å². The molecule has 2 N–H and O–H groups in total. The number of hydrogen-bond acceptors (Lipinski definition) is 7. The number of amides is 1. The van der Waals surface area contributed by atoms with Gasteiger partial charge in [0.25, 0.3) is 5.56 Å². The fourth-order valence-corrected chi connectivity index (χ4v) is 3.75. The maximum Gasteiger partial charge on any atom is 0.251 e. The molecular weight excluding hydrogens is 394 g/mol. The van der Waals surface area contributed by atoms with E-state index >= 15 is 0 Å². The molecule has 0 radical (unpaired) electrons. The molecule has 0 fully saturated rings. The van der Waals surface area contributed by atoms with Crippen LogP contribution in [0.15, 0.2) is 40.3 Å². The third kappa shape index (κ3) is 5.38. The summed E-state index contributed by atoms with van der Waals surface area (Å²) in [7, 11) is 0. The Bertz CT molecular complexity index is 989. The quantitative estimate of drug-likeness (QED) is 0.481. The van der Waals surface area contributed by atoms with Crippen molar-refractivity contribution in [3.8, 4) is 0 Å². The topological polar surface area (TPSA) is 101 Å². The number of rotatable bonds is 6. The van der Waals surface area contributed by atoms with Gasteiger partial charge in [0, 0.05) is 16.8 Å². The first-order valence-electron chi connectivity index (χ1n) is 7.55. The average Bonchev–Trinajstić information content (AvgIpc) is 2.97. The summed E-state index contributed by atoms with van der Waals surface area (Å²) < 4.78 is 0. The van der Waals surface area contributed by atoms with E-state index < -0.39 is 0 Å². The molecule has 7 nitrogen and oxygen atoms in total. The summed E-state index contributed by atoms with van der Waals surface area (Å²) in [6.45, 7) is 1.80. The highest BCUT2D eigenvalue weighted by Crippen LogP contribution is 2.21. The number of benzene rings is 1. The molecule has 0 atom stereocenters. The standard InChI is InChI=1S/C16H14ClN5O2S2/c1-9-21-22-16(26-9)20-14(24)7-12-6-13(23)19-15(18-12)25-8-10-3-2-4-11(17)5-10/h2-6H,7-8H2,1H3,(H,18,19,23)(H,20,22,24). The molecule has 1 amide bonds. The highest BCUT2D eigenvalue weighted by atomic mass is 35.5. The number of thioether (sulfide) groups is 1. The Morgan fingerprint density at radius 1 is 1.35 bits per heavy atom. The molecule has 1 aromatic carbocycles. The molecule has 134 valence electrons. The smallest absolute Gasteiger partial charge is 0.251 e. The van der Waals surface area contributed by atoms with Crippen LogP contribution < -0.4 is 10.9 Å². The third-order valence-corrected chi connectivity index (χ3v) is 5.09. The monoisotopic (exact) mass is 407 g/mol. The molecule has 0 aliphatic heterocycles. The maximum atomic E-state index is 12.1. The lowest BCUT2D eigenvalue weighted by atomic mass is 10.2. The molecule has 3 rings (SSSR count). The minimum atomic E-state index is -0.303. The van der Waals surface area contributed by atoms with E-state index in [0.717, 1.165) is 10.6 Å². The second-order valence-corrected chi connectivity index (χ2v) is 7.89. The van der Waals surface area contributed by atoms with Crippen molar-refractivity contribution in [2.45, 2.75) is 24.3 Å². The van der Waals surface area contributed by atoms with Crippen LogP contribution in [0.3, 0.4) is 0 Å². The van der Waals surface area contributed by atoms with Crippen LogP contribution in [0.25, 0.3) is 0 Å². The van der Waals surface area contributed by atoms with Crippen molar-refractivity contribution >= 4 is 45.7 Å². The number of carbonyl (C=O) groups is 1. The summed E-state index contributed by atoms with van der Waals surface area (Å²) in [5.41, 5.74) is 1.10. The van der Waals surface area contributed by atoms with E-state index in [1.165, 1.54) is 29.2 Å². The van der Waals surface area contributed by atoms with E-state index in [1.54, 1.807) is 13.0 Å². The zero-order valence-electron chi connectivity index (χ0n) is 13.7. The van der Waals surface area contributed by atoms with Gasteiger partial charge < -0.3 is 10.3 Å². The Hall–Kier alpha value is -2.23. The predicted octanol–water partition coefficient (Wildman–Crippen LogP) is 3.06. The predicted molar refractivity (Wildman–Crippen MR) is 103 cm³/mol. The summed E-state index contributed by atoms with van der Waals surface area (Å²) >= 11 is 8.62. The van der Waals surface area contributed by atoms with Crippen LogP contribution in [0.5, 0.6) is 0 Å². The van der Waals surface area contributed by atoms with Crippen LogP contribution in [-0.2, 0) is 17.0 Å². The lowest BCUT2D eigenvalue weighted by Gasteiger charge is -2.05. The largest absolute Gasteiger partial charge is 0.301 e. The Balaban J connectivity index is 1.65. The molecule has 2 aromatic heterocycles. The molecule has 0 bridgehead atoms. The molecule has 0 saturated heterocycles. The number of aromatic amines is 1. The van der Waals surface area contributed by atoms with E-state index in [1.807, 2.05) is 18.2 Å². The van der Waals surface area contributed by atoms with Crippen molar-refractivity contribution in [2.75, 3.05) is 5.32 Å². The SMILES string of the molecule is Cc1nnc(NC(=O)Cc2cc(=O)[nH]c(SCc3cccc(Cl)c3)n2)s1. The number of aromatic nitrogens is 4. The van der Waals surface area contributed by atoms with E-state index in [-0.39, 0.29) is 17.9 Å². The lowest BCUT2D eigenvalue weighted by molar-refractivity contribution is -0.115. The fraction of sp³-hybridized carbons (Fsp3) is 0.188. The maximum absolute atomic E-state index is 12.1.